The van der Waals surface area contributed by atoms with E-state index < -0.39 is 0 Å². The van der Waals surface area contributed by atoms with Gasteiger partial charge in [-0.3, -0.25) is 0 Å². The van der Waals surface area contributed by atoms with E-state index in [1.165, 1.54) is 11.9 Å². The smallest absolute Gasteiger partial charge is 0.188 e. The lowest BCUT2D eigenvalue weighted by Gasteiger charge is -2.08. The summed E-state index contributed by atoms with van der Waals surface area (Å²) in [6, 6.07) is 6.23. The van der Waals surface area contributed by atoms with E-state index in [0.29, 0.717) is 5.56 Å². The average molecular weight is 283 g/mol. The Hall–Kier alpha value is -2.39. The molecule has 5 nitrogen and oxygen atoms in total. The number of fused-ring (bicyclic) bond motifs is 1. The van der Waals surface area contributed by atoms with Gasteiger partial charge in [-0.25, -0.2) is 4.98 Å². The molecule has 0 unspecified atom stereocenters. The highest BCUT2D eigenvalue weighted by Crippen LogP contribution is 2.30. The van der Waals surface area contributed by atoms with E-state index in [4.69, 9.17) is 5.26 Å². The third-order valence-electron chi connectivity index (χ3n) is 3.19. The second kappa shape index (κ2) is 4.94. The average Bonchev–Trinajstić information content (AvgIpc) is 3.05. The SMILES string of the molecule is Cc1ccc(NSc2nccn2C)c2[nH]cc(C#N)c12. The van der Waals surface area contributed by atoms with Crippen LogP contribution < -0.4 is 4.72 Å². The van der Waals surface area contributed by atoms with Gasteiger partial charge in [0.15, 0.2) is 5.16 Å². The summed E-state index contributed by atoms with van der Waals surface area (Å²) in [5, 5.41) is 11.0. The number of aromatic nitrogens is 3. The molecule has 0 aliphatic carbocycles. The number of nitriles is 1. The molecule has 0 fully saturated rings. The fraction of sp³-hybridized carbons (Fsp3) is 0.143. The maximum Gasteiger partial charge on any atom is 0.188 e. The van der Waals surface area contributed by atoms with E-state index >= 15 is 0 Å². The molecule has 2 N–H and O–H groups in total. The van der Waals surface area contributed by atoms with Crippen molar-refractivity contribution in [2.45, 2.75) is 12.1 Å². The molecule has 0 spiro atoms. The molecule has 0 saturated heterocycles. The first-order chi connectivity index (χ1) is 9.70. The second-order valence-corrected chi connectivity index (χ2v) is 5.29. The molecule has 6 heteroatoms. The highest BCUT2D eigenvalue weighted by molar-refractivity contribution is 8.00. The van der Waals surface area contributed by atoms with Gasteiger partial charge in [-0.05, 0) is 18.6 Å². The Morgan fingerprint density at radius 1 is 1.45 bits per heavy atom. The van der Waals surface area contributed by atoms with Crippen LogP contribution in [0, 0.1) is 18.3 Å². The summed E-state index contributed by atoms with van der Waals surface area (Å²) in [4.78, 5) is 7.42. The molecule has 0 atom stereocenters. The predicted molar refractivity (Wildman–Crippen MR) is 80.4 cm³/mol. The monoisotopic (exact) mass is 283 g/mol. The first-order valence-corrected chi connectivity index (χ1v) is 6.93. The summed E-state index contributed by atoms with van der Waals surface area (Å²) < 4.78 is 5.23. The molecule has 0 aliphatic heterocycles. The van der Waals surface area contributed by atoms with Crippen LogP contribution in [0.5, 0.6) is 0 Å². The number of aryl methyl sites for hydroxylation is 2. The van der Waals surface area contributed by atoms with Gasteiger partial charge < -0.3 is 14.3 Å². The summed E-state index contributed by atoms with van der Waals surface area (Å²) in [7, 11) is 1.95. The van der Waals surface area contributed by atoms with Crippen molar-refractivity contribution in [1.82, 2.24) is 14.5 Å². The molecule has 0 radical (unpaired) electrons. The summed E-state index contributed by atoms with van der Waals surface area (Å²) in [6.45, 7) is 2.01. The third kappa shape index (κ3) is 2.02. The van der Waals surface area contributed by atoms with Crippen molar-refractivity contribution >= 4 is 28.5 Å². The lowest BCUT2D eigenvalue weighted by molar-refractivity contribution is 0.791. The number of nitrogens with zero attached hydrogens (tertiary/aromatic N) is 3. The maximum atomic E-state index is 9.15. The normalized spacial score (nSPS) is 10.7. The lowest BCUT2D eigenvalue weighted by Crippen LogP contribution is -1.94. The van der Waals surface area contributed by atoms with Crippen LogP contribution in [-0.2, 0) is 7.05 Å². The second-order valence-electron chi connectivity index (χ2n) is 4.52. The van der Waals surface area contributed by atoms with Gasteiger partial charge in [-0.1, -0.05) is 6.07 Å². The van der Waals surface area contributed by atoms with Gasteiger partial charge in [-0.2, -0.15) is 5.26 Å². The van der Waals surface area contributed by atoms with Crippen LogP contribution in [0.4, 0.5) is 5.69 Å². The molecular formula is C14H13N5S. The molecule has 0 saturated carbocycles. The van der Waals surface area contributed by atoms with E-state index in [2.05, 4.69) is 20.8 Å². The molecule has 100 valence electrons. The van der Waals surface area contributed by atoms with Crippen molar-refractivity contribution < 1.29 is 0 Å². The van der Waals surface area contributed by atoms with Crippen LogP contribution in [0.3, 0.4) is 0 Å². The minimum absolute atomic E-state index is 0.670. The maximum absolute atomic E-state index is 9.15. The molecule has 2 aromatic heterocycles. The van der Waals surface area contributed by atoms with Gasteiger partial charge in [0.1, 0.15) is 6.07 Å². The van der Waals surface area contributed by atoms with Crippen molar-refractivity contribution in [2.75, 3.05) is 4.72 Å². The van der Waals surface area contributed by atoms with Crippen LogP contribution in [0.1, 0.15) is 11.1 Å². The number of H-pyrrole nitrogens is 1. The fourth-order valence-electron chi connectivity index (χ4n) is 2.14. The van der Waals surface area contributed by atoms with E-state index in [0.717, 1.165) is 27.3 Å². The molecule has 20 heavy (non-hydrogen) atoms. The first-order valence-electron chi connectivity index (χ1n) is 6.11. The Morgan fingerprint density at radius 2 is 2.30 bits per heavy atom. The van der Waals surface area contributed by atoms with Crippen molar-refractivity contribution in [1.29, 1.82) is 5.26 Å². The van der Waals surface area contributed by atoms with Gasteiger partial charge in [-0.15, -0.1) is 0 Å². The van der Waals surface area contributed by atoms with E-state index in [-0.39, 0.29) is 0 Å². The Kier molecular flexibility index (Phi) is 3.12. The molecule has 3 aromatic rings. The van der Waals surface area contributed by atoms with Crippen LogP contribution in [0.2, 0.25) is 0 Å². The van der Waals surface area contributed by atoms with Gasteiger partial charge in [0, 0.05) is 43.0 Å². The van der Waals surface area contributed by atoms with E-state index in [1.807, 2.05) is 36.9 Å². The number of anilines is 1. The molecule has 1 aromatic carbocycles. The van der Waals surface area contributed by atoms with Gasteiger partial charge in [0.25, 0.3) is 0 Å². The van der Waals surface area contributed by atoms with Crippen molar-refractivity contribution in [3.8, 4) is 6.07 Å². The molecule has 0 amide bonds. The molecule has 0 aliphatic rings. The van der Waals surface area contributed by atoms with E-state index in [1.54, 1.807) is 12.4 Å². The molecular weight excluding hydrogens is 270 g/mol. The quantitative estimate of drug-likeness (QED) is 0.724. The van der Waals surface area contributed by atoms with Gasteiger partial charge in [0.2, 0.25) is 0 Å². The number of benzene rings is 1. The number of imidazole rings is 1. The van der Waals surface area contributed by atoms with Gasteiger partial charge in [0.05, 0.1) is 16.8 Å². The molecule has 3 rings (SSSR count). The van der Waals surface area contributed by atoms with Crippen LogP contribution in [-0.4, -0.2) is 14.5 Å². The zero-order chi connectivity index (χ0) is 14.1. The molecule has 0 bridgehead atoms. The first kappa shape index (κ1) is 12.6. The summed E-state index contributed by atoms with van der Waals surface area (Å²) >= 11 is 1.44. The van der Waals surface area contributed by atoms with Crippen LogP contribution in [0.25, 0.3) is 10.9 Å². The van der Waals surface area contributed by atoms with Crippen molar-refractivity contribution in [3.05, 3.63) is 41.9 Å². The Morgan fingerprint density at radius 3 is 3.00 bits per heavy atom. The van der Waals surface area contributed by atoms with Crippen molar-refractivity contribution in [3.63, 3.8) is 0 Å². The minimum atomic E-state index is 0.670. The Labute approximate surface area is 120 Å². The van der Waals surface area contributed by atoms with Crippen molar-refractivity contribution in [2.24, 2.45) is 7.05 Å². The predicted octanol–water partition coefficient (Wildman–Crippen LogP) is 3.20. The highest BCUT2D eigenvalue weighted by Gasteiger charge is 2.10. The number of hydrogen-bond acceptors (Lipinski definition) is 4. The Balaban J connectivity index is 1.97. The lowest BCUT2D eigenvalue weighted by atomic mass is 10.1. The number of rotatable bonds is 3. The zero-order valence-electron chi connectivity index (χ0n) is 11.1. The van der Waals surface area contributed by atoms with Crippen LogP contribution in [0.15, 0.2) is 35.9 Å². The fourth-order valence-corrected chi connectivity index (χ4v) is 2.83. The number of aromatic amines is 1. The standard InChI is InChI=1S/C14H13N5S/c1-9-3-4-11(13-12(9)10(7-15)8-17-13)18-20-14-16-5-6-19(14)2/h3-6,8,17-18H,1-2H3. The minimum Gasteiger partial charge on any atom is -0.358 e. The van der Waals surface area contributed by atoms with Crippen LogP contribution >= 0.6 is 11.9 Å². The number of hydrogen-bond donors (Lipinski definition) is 2. The summed E-state index contributed by atoms with van der Waals surface area (Å²) in [5.74, 6) is 0. The third-order valence-corrected chi connectivity index (χ3v) is 4.09. The Bertz CT molecular complexity index is 809. The largest absolute Gasteiger partial charge is 0.358 e. The number of nitrogens with one attached hydrogen (secondary N) is 2. The highest BCUT2D eigenvalue weighted by atomic mass is 32.2. The molecule has 2 heterocycles. The topological polar surface area (TPSA) is 69.4 Å². The zero-order valence-corrected chi connectivity index (χ0v) is 12.0. The summed E-state index contributed by atoms with van der Waals surface area (Å²) in [6.07, 6.45) is 5.41. The summed E-state index contributed by atoms with van der Waals surface area (Å²) in [5.41, 5.74) is 3.65. The van der Waals surface area contributed by atoms with E-state index in [9.17, 15) is 0 Å². The van der Waals surface area contributed by atoms with Gasteiger partial charge >= 0.3 is 0 Å².